The van der Waals surface area contributed by atoms with Crippen LogP contribution in [0.15, 0.2) is 107 Å². The maximum absolute atomic E-state index is 13.2. The number of para-hydroxylation sites is 4. The highest BCUT2D eigenvalue weighted by Crippen LogP contribution is 2.30. The van der Waals surface area contributed by atoms with E-state index >= 15 is 0 Å². The Morgan fingerprint density at radius 2 is 1.25 bits per heavy atom. The Bertz CT molecular complexity index is 1930. The van der Waals surface area contributed by atoms with Gasteiger partial charge in [0.15, 0.2) is 11.6 Å². The zero-order chi connectivity index (χ0) is 28.3. The molecule has 0 radical (unpaired) electrons. The van der Waals surface area contributed by atoms with Crippen molar-refractivity contribution in [3.05, 3.63) is 103 Å². The second-order valence-electron chi connectivity index (χ2n) is 8.79. The number of nitrogens with one attached hydrogen (secondary N) is 3. The van der Waals surface area contributed by atoms with Gasteiger partial charge in [-0.05, 0) is 67.1 Å². The molecule has 0 fully saturated rings. The highest BCUT2D eigenvalue weighted by atomic mass is 32.2. The SMILES string of the molecule is COc1ccccc1NS(=O)(=O)c1cccc(Nc2nc3ccccc3nc2NS(=O)(=O)c2cccc(C)c2)c1. The maximum atomic E-state index is 13.2. The van der Waals surface area contributed by atoms with Crippen LogP contribution in [-0.4, -0.2) is 33.9 Å². The van der Waals surface area contributed by atoms with Crippen LogP contribution in [0.2, 0.25) is 0 Å². The second-order valence-corrected chi connectivity index (χ2v) is 12.2. The normalized spacial score (nSPS) is 11.7. The van der Waals surface area contributed by atoms with Crippen molar-refractivity contribution in [2.24, 2.45) is 0 Å². The van der Waals surface area contributed by atoms with E-state index in [1.165, 1.54) is 25.3 Å². The monoisotopic (exact) mass is 575 g/mol. The molecule has 204 valence electrons. The quantitative estimate of drug-likeness (QED) is 0.215. The van der Waals surface area contributed by atoms with Crippen LogP contribution in [0, 0.1) is 6.92 Å². The first-order valence-electron chi connectivity index (χ1n) is 12.0. The first-order chi connectivity index (χ1) is 19.1. The number of aryl methyl sites for hydroxylation is 1. The molecular weight excluding hydrogens is 550 g/mol. The molecule has 0 aliphatic carbocycles. The number of hydrogen-bond donors (Lipinski definition) is 3. The molecule has 0 bridgehead atoms. The standard InChI is InChI=1S/C28H25N5O5S2/c1-19-9-7-11-21(17-19)40(36,37)33-28-27(30-23-13-3-4-14-24(23)31-28)29-20-10-8-12-22(18-20)39(34,35)32-25-15-5-6-16-26(25)38-2/h3-18,32H,1-2H3,(H,29,30)(H,31,33). The lowest BCUT2D eigenvalue weighted by molar-refractivity contribution is 0.417. The van der Waals surface area contributed by atoms with E-state index in [4.69, 9.17) is 4.74 Å². The molecule has 0 saturated heterocycles. The van der Waals surface area contributed by atoms with Gasteiger partial charge in [-0.2, -0.15) is 0 Å². The molecule has 10 nitrogen and oxygen atoms in total. The summed E-state index contributed by atoms with van der Waals surface area (Å²) in [7, 11) is -6.54. The van der Waals surface area contributed by atoms with Crippen LogP contribution >= 0.6 is 0 Å². The number of fused-ring (bicyclic) bond motifs is 1. The predicted octanol–water partition coefficient (Wildman–Crippen LogP) is 5.29. The van der Waals surface area contributed by atoms with E-state index in [2.05, 4.69) is 24.7 Å². The van der Waals surface area contributed by atoms with E-state index in [0.29, 0.717) is 22.5 Å². The van der Waals surface area contributed by atoms with Crippen molar-refractivity contribution in [1.82, 2.24) is 9.97 Å². The van der Waals surface area contributed by atoms with Crippen molar-refractivity contribution in [1.29, 1.82) is 0 Å². The number of hydrogen-bond acceptors (Lipinski definition) is 8. The summed E-state index contributed by atoms with van der Waals surface area (Å²) in [5.41, 5.74) is 2.42. The van der Waals surface area contributed by atoms with Crippen molar-refractivity contribution in [3.8, 4) is 5.75 Å². The third-order valence-electron chi connectivity index (χ3n) is 5.86. The fraction of sp³-hybridized carbons (Fsp3) is 0.0714. The van der Waals surface area contributed by atoms with Crippen LogP contribution < -0.4 is 19.5 Å². The molecule has 0 spiro atoms. The summed E-state index contributed by atoms with van der Waals surface area (Å²) in [6.45, 7) is 1.80. The van der Waals surface area contributed by atoms with Gasteiger partial charge in [-0.1, -0.05) is 42.5 Å². The summed E-state index contributed by atoms with van der Waals surface area (Å²) >= 11 is 0. The zero-order valence-corrected chi connectivity index (χ0v) is 23.1. The van der Waals surface area contributed by atoms with Crippen LogP contribution in [0.25, 0.3) is 11.0 Å². The van der Waals surface area contributed by atoms with Gasteiger partial charge in [-0.25, -0.2) is 26.8 Å². The van der Waals surface area contributed by atoms with Gasteiger partial charge in [0.05, 0.1) is 33.6 Å². The van der Waals surface area contributed by atoms with Gasteiger partial charge in [-0.15, -0.1) is 0 Å². The molecule has 0 atom stereocenters. The number of nitrogens with zero attached hydrogens (tertiary/aromatic N) is 2. The van der Waals surface area contributed by atoms with Gasteiger partial charge in [-0.3, -0.25) is 9.44 Å². The minimum atomic E-state index is -4.00. The van der Waals surface area contributed by atoms with E-state index in [9.17, 15) is 16.8 Å². The average Bonchev–Trinajstić information content (AvgIpc) is 2.93. The van der Waals surface area contributed by atoms with Crippen LogP contribution in [0.5, 0.6) is 5.75 Å². The van der Waals surface area contributed by atoms with Gasteiger partial charge in [0.25, 0.3) is 20.0 Å². The third-order valence-corrected chi connectivity index (χ3v) is 8.56. The summed E-state index contributed by atoms with van der Waals surface area (Å²) in [5.74, 6) is 0.431. The van der Waals surface area contributed by atoms with Gasteiger partial charge in [0, 0.05) is 5.69 Å². The molecule has 0 amide bonds. The number of aromatic nitrogens is 2. The number of benzene rings is 4. The minimum Gasteiger partial charge on any atom is -0.495 e. The molecule has 12 heteroatoms. The van der Waals surface area contributed by atoms with Crippen molar-refractivity contribution in [2.45, 2.75) is 16.7 Å². The fourth-order valence-electron chi connectivity index (χ4n) is 3.94. The van der Waals surface area contributed by atoms with Crippen LogP contribution in [0.1, 0.15) is 5.56 Å². The Hall–Kier alpha value is -4.68. The van der Waals surface area contributed by atoms with Crippen LogP contribution in [0.4, 0.5) is 23.0 Å². The molecule has 1 aromatic heterocycles. The molecule has 0 aliphatic heterocycles. The second kappa shape index (κ2) is 10.8. The van der Waals surface area contributed by atoms with Crippen molar-refractivity contribution in [2.75, 3.05) is 21.9 Å². The molecule has 0 aliphatic rings. The molecule has 5 rings (SSSR count). The molecule has 5 aromatic rings. The molecular formula is C28H25N5O5S2. The van der Waals surface area contributed by atoms with Crippen molar-refractivity contribution >= 4 is 54.1 Å². The number of sulfonamides is 2. The lowest BCUT2D eigenvalue weighted by Crippen LogP contribution is -2.16. The van der Waals surface area contributed by atoms with E-state index in [1.807, 2.05) is 0 Å². The third kappa shape index (κ3) is 5.82. The first-order valence-corrected chi connectivity index (χ1v) is 15.0. The molecule has 1 heterocycles. The van der Waals surface area contributed by atoms with E-state index in [-0.39, 0.29) is 27.1 Å². The smallest absolute Gasteiger partial charge is 0.263 e. The Morgan fingerprint density at radius 3 is 1.95 bits per heavy atom. The Labute approximate surface area is 232 Å². The lowest BCUT2D eigenvalue weighted by Gasteiger charge is -2.15. The molecule has 0 saturated carbocycles. The fourth-order valence-corrected chi connectivity index (χ4v) is 6.17. The Kier molecular flexibility index (Phi) is 7.28. The topological polar surface area (TPSA) is 139 Å². The van der Waals surface area contributed by atoms with E-state index in [1.54, 1.807) is 85.8 Å². The molecule has 0 unspecified atom stereocenters. The first kappa shape index (κ1) is 26.9. The molecule has 3 N–H and O–H groups in total. The van der Waals surface area contributed by atoms with Crippen molar-refractivity contribution in [3.63, 3.8) is 0 Å². The van der Waals surface area contributed by atoms with E-state index in [0.717, 1.165) is 5.56 Å². The number of anilines is 4. The summed E-state index contributed by atoms with van der Waals surface area (Å²) in [6.07, 6.45) is 0. The van der Waals surface area contributed by atoms with Crippen LogP contribution in [0.3, 0.4) is 0 Å². The summed E-state index contributed by atoms with van der Waals surface area (Å²) in [6, 6.07) is 26.2. The average molecular weight is 576 g/mol. The van der Waals surface area contributed by atoms with Crippen molar-refractivity contribution < 1.29 is 21.6 Å². The molecule has 40 heavy (non-hydrogen) atoms. The largest absolute Gasteiger partial charge is 0.495 e. The summed E-state index contributed by atoms with van der Waals surface area (Å²) in [4.78, 5) is 9.10. The summed E-state index contributed by atoms with van der Waals surface area (Å²) in [5, 5.41) is 3.03. The predicted molar refractivity (Wildman–Crippen MR) is 155 cm³/mol. The Morgan fingerprint density at radius 1 is 0.650 bits per heavy atom. The van der Waals surface area contributed by atoms with E-state index < -0.39 is 20.0 Å². The number of methoxy groups -OCH3 is 1. The molecule has 4 aromatic carbocycles. The summed E-state index contributed by atoms with van der Waals surface area (Å²) < 4.78 is 63.1. The minimum absolute atomic E-state index is 0.0287. The van der Waals surface area contributed by atoms with Gasteiger partial charge in [0.1, 0.15) is 5.75 Å². The number of rotatable bonds is 9. The van der Waals surface area contributed by atoms with Gasteiger partial charge < -0.3 is 10.1 Å². The highest BCUT2D eigenvalue weighted by molar-refractivity contribution is 7.93. The van der Waals surface area contributed by atoms with Gasteiger partial charge >= 0.3 is 0 Å². The maximum Gasteiger partial charge on any atom is 0.263 e. The number of ether oxygens (including phenoxy) is 1. The zero-order valence-electron chi connectivity index (χ0n) is 21.5. The highest BCUT2D eigenvalue weighted by Gasteiger charge is 2.21. The lowest BCUT2D eigenvalue weighted by atomic mass is 10.2. The van der Waals surface area contributed by atoms with Crippen LogP contribution in [-0.2, 0) is 20.0 Å². The Balaban J connectivity index is 1.50. The van der Waals surface area contributed by atoms with Gasteiger partial charge in [0.2, 0.25) is 0 Å².